The molecule has 0 aliphatic rings. The first-order valence-corrected chi connectivity index (χ1v) is 9.49. The van der Waals surface area contributed by atoms with Crippen LogP contribution in [0.1, 0.15) is 40.5 Å². The van der Waals surface area contributed by atoms with Crippen molar-refractivity contribution < 1.29 is 23.8 Å². The number of para-hydroxylation sites is 1. The highest BCUT2D eigenvalue weighted by Crippen LogP contribution is 2.38. The minimum atomic E-state index is -0.561. The summed E-state index contributed by atoms with van der Waals surface area (Å²) >= 11 is 0. The molecule has 148 valence electrons. The van der Waals surface area contributed by atoms with Crippen molar-refractivity contribution in [1.29, 1.82) is 0 Å². The molecule has 0 spiro atoms. The van der Waals surface area contributed by atoms with Gasteiger partial charge in [-0.25, -0.2) is 9.59 Å². The molecule has 0 saturated carbocycles. The van der Waals surface area contributed by atoms with Gasteiger partial charge >= 0.3 is 11.9 Å². The molecule has 0 aliphatic carbocycles. The molecular formula is C24H22O5. The van der Waals surface area contributed by atoms with E-state index in [2.05, 4.69) is 6.92 Å². The Hall–Kier alpha value is -3.60. The Morgan fingerprint density at radius 1 is 0.690 bits per heavy atom. The van der Waals surface area contributed by atoms with Gasteiger partial charge in [0.25, 0.3) is 0 Å². The number of hydrogen-bond acceptors (Lipinski definition) is 5. The number of unbranched alkanes of at least 4 members (excludes halogenated alkanes) is 1. The van der Waals surface area contributed by atoms with Gasteiger partial charge in [-0.2, -0.15) is 0 Å². The zero-order valence-electron chi connectivity index (χ0n) is 16.2. The third-order valence-corrected chi connectivity index (χ3v) is 4.11. The number of esters is 2. The van der Waals surface area contributed by atoms with Crippen LogP contribution in [-0.2, 0) is 0 Å². The predicted octanol–water partition coefficient (Wildman–Crippen LogP) is 5.30. The first-order chi connectivity index (χ1) is 14.2. The summed E-state index contributed by atoms with van der Waals surface area (Å²) in [7, 11) is 0. The Kier molecular flexibility index (Phi) is 7.00. The van der Waals surface area contributed by atoms with E-state index in [1.54, 1.807) is 66.7 Å². The fraction of sp³-hybridized carbons (Fsp3) is 0.167. The van der Waals surface area contributed by atoms with Gasteiger partial charge in [0.15, 0.2) is 11.5 Å². The Balaban J connectivity index is 1.89. The van der Waals surface area contributed by atoms with Crippen LogP contribution in [0.15, 0.2) is 78.9 Å². The summed E-state index contributed by atoms with van der Waals surface area (Å²) in [6, 6.07) is 22.2. The zero-order chi connectivity index (χ0) is 20.5. The fourth-order valence-corrected chi connectivity index (χ4v) is 2.58. The molecule has 0 heterocycles. The second kappa shape index (κ2) is 10.1. The van der Waals surface area contributed by atoms with Crippen molar-refractivity contribution in [3.63, 3.8) is 0 Å². The summed E-state index contributed by atoms with van der Waals surface area (Å²) < 4.78 is 16.9. The second-order valence-corrected chi connectivity index (χ2v) is 6.30. The van der Waals surface area contributed by atoms with Gasteiger partial charge in [-0.15, -0.1) is 0 Å². The topological polar surface area (TPSA) is 61.8 Å². The van der Waals surface area contributed by atoms with Gasteiger partial charge in [0.1, 0.15) is 0 Å². The minimum absolute atomic E-state index is 0.0849. The molecule has 5 heteroatoms. The van der Waals surface area contributed by atoms with Crippen LogP contribution >= 0.6 is 0 Å². The Morgan fingerprint density at radius 2 is 1.24 bits per heavy atom. The standard InChI is InChI=1S/C24H22O5/c1-2-3-17-27-20-15-10-16-21(28-23(25)18-11-6-4-7-12-18)22(20)29-24(26)19-13-8-5-9-14-19/h4-16H,2-3,17H2,1H3. The summed E-state index contributed by atoms with van der Waals surface area (Å²) in [6.45, 7) is 2.51. The van der Waals surface area contributed by atoms with Crippen LogP contribution in [0.3, 0.4) is 0 Å². The molecule has 0 amide bonds. The number of hydrogen-bond donors (Lipinski definition) is 0. The molecule has 29 heavy (non-hydrogen) atoms. The van der Waals surface area contributed by atoms with Gasteiger partial charge in [0.2, 0.25) is 5.75 Å². The van der Waals surface area contributed by atoms with Gasteiger partial charge in [-0.1, -0.05) is 55.8 Å². The lowest BCUT2D eigenvalue weighted by Crippen LogP contribution is -2.13. The SMILES string of the molecule is CCCCOc1cccc(OC(=O)c2ccccc2)c1OC(=O)c1ccccc1. The van der Waals surface area contributed by atoms with E-state index in [-0.39, 0.29) is 11.5 Å². The summed E-state index contributed by atoms with van der Waals surface area (Å²) in [5.74, 6) is -0.553. The fourth-order valence-electron chi connectivity index (χ4n) is 2.58. The molecule has 0 aliphatic heterocycles. The first kappa shape index (κ1) is 20.1. The molecule has 3 rings (SSSR count). The summed E-state index contributed by atoms with van der Waals surface area (Å²) in [4.78, 5) is 25.1. The average Bonchev–Trinajstić information content (AvgIpc) is 2.77. The van der Waals surface area contributed by atoms with E-state index < -0.39 is 11.9 Å². The van der Waals surface area contributed by atoms with E-state index in [0.717, 1.165) is 12.8 Å². The molecule has 0 atom stereocenters. The van der Waals surface area contributed by atoms with Crippen LogP contribution in [0.4, 0.5) is 0 Å². The molecule has 0 radical (unpaired) electrons. The molecule has 0 unspecified atom stereocenters. The molecule has 0 fully saturated rings. The van der Waals surface area contributed by atoms with E-state index in [0.29, 0.717) is 23.5 Å². The predicted molar refractivity (Wildman–Crippen MR) is 110 cm³/mol. The minimum Gasteiger partial charge on any atom is -0.490 e. The van der Waals surface area contributed by atoms with Crippen molar-refractivity contribution in [3.8, 4) is 17.2 Å². The number of benzene rings is 3. The summed E-state index contributed by atoms with van der Waals surface area (Å²) in [5, 5.41) is 0. The van der Waals surface area contributed by atoms with Gasteiger partial charge < -0.3 is 14.2 Å². The quantitative estimate of drug-likeness (QED) is 0.297. The van der Waals surface area contributed by atoms with Crippen LogP contribution in [0.2, 0.25) is 0 Å². The average molecular weight is 390 g/mol. The summed E-state index contributed by atoms with van der Waals surface area (Å²) in [5.41, 5.74) is 0.779. The van der Waals surface area contributed by atoms with Crippen molar-refractivity contribution in [2.75, 3.05) is 6.61 Å². The maximum Gasteiger partial charge on any atom is 0.343 e. The lowest BCUT2D eigenvalue weighted by molar-refractivity contribution is 0.0676. The second-order valence-electron chi connectivity index (χ2n) is 6.30. The monoisotopic (exact) mass is 390 g/mol. The maximum absolute atomic E-state index is 12.6. The van der Waals surface area contributed by atoms with E-state index in [4.69, 9.17) is 14.2 Å². The Morgan fingerprint density at radius 3 is 1.83 bits per heavy atom. The first-order valence-electron chi connectivity index (χ1n) is 9.49. The molecule has 0 bridgehead atoms. The smallest absolute Gasteiger partial charge is 0.343 e. The van der Waals surface area contributed by atoms with Crippen LogP contribution in [0.25, 0.3) is 0 Å². The van der Waals surface area contributed by atoms with Crippen molar-refractivity contribution in [3.05, 3.63) is 90.0 Å². The number of rotatable bonds is 8. The normalized spacial score (nSPS) is 10.2. The van der Waals surface area contributed by atoms with E-state index in [9.17, 15) is 9.59 Å². The molecule has 3 aromatic rings. The largest absolute Gasteiger partial charge is 0.490 e. The molecule has 5 nitrogen and oxygen atoms in total. The van der Waals surface area contributed by atoms with Crippen LogP contribution in [-0.4, -0.2) is 18.5 Å². The van der Waals surface area contributed by atoms with Crippen LogP contribution < -0.4 is 14.2 Å². The van der Waals surface area contributed by atoms with Gasteiger partial charge in [-0.3, -0.25) is 0 Å². The maximum atomic E-state index is 12.6. The number of carbonyl (C=O) groups excluding carboxylic acids is 2. The molecule has 0 aromatic heterocycles. The van der Waals surface area contributed by atoms with Crippen molar-refractivity contribution >= 4 is 11.9 Å². The third-order valence-electron chi connectivity index (χ3n) is 4.11. The number of carbonyl (C=O) groups is 2. The van der Waals surface area contributed by atoms with Crippen molar-refractivity contribution in [2.24, 2.45) is 0 Å². The third kappa shape index (κ3) is 5.45. The highest BCUT2D eigenvalue weighted by Gasteiger charge is 2.20. The highest BCUT2D eigenvalue weighted by atomic mass is 16.6. The Labute approximate surface area is 169 Å². The molecular weight excluding hydrogens is 368 g/mol. The van der Waals surface area contributed by atoms with Crippen molar-refractivity contribution in [2.45, 2.75) is 19.8 Å². The lowest BCUT2D eigenvalue weighted by atomic mass is 10.2. The van der Waals surface area contributed by atoms with Gasteiger partial charge in [-0.05, 0) is 42.8 Å². The van der Waals surface area contributed by atoms with Crippen LogP contribution in [0.5, 0.6) is 17.2 Å². The van der Waals surface area contributed by atoms with Crippen molar-refractivity contribution in [1.82, 2.24) is 0 Å². The molecule has 0 saturated heterocycles. The van der Waals surface area contributed by atoms with E-state index >= 15 is 0 Å². The molecule has 0 N–H and O–H groups in total. The van der Waals surface area contributed by atoms with Crippen LogP contribution in [0, 0.1) is 0 Å². The lowest BCUT2D eigenvalue weighted by Gasteiger charge is -2.15. The highest BCUT2D eigenvalue weighted by molar-refractivity contribution is 5.93. The van der Waals surface area contributed by atoms with Gasteiger partial charge in [0, 0.05) is 0 Å². The molecule has 3 aromatic carbocycles. The Bertz CT molecular complexity index is 952. The van der Waals surface area contributed by atoms with E-state index in [1.807, 2.05) is 12.1 Å². The van der Waals surface area contributed by atoms with E-state index in [1.165, 1.54) is 0 Å². The van der Waals surface area contributed by atoms with Gasteiger partial charge in [0.05, 0.1) is 17.7 Å². The zero-order valence-corrected chi connectivity index (χ0v) is 16.2. The summed E-state index contributed by atoms with van der Waals surface area (Å²) in [6.07, 6.45) is 1.81. The number of ether oxygens (including phenoxy) is 3.